The van der Waals surface area contributed by atoms with Gasteiger partial charge in [0.2, 0.25) is 0 Å². The molecule has 3 N–H and O–H groups in total. The van der Waals surface area contributed by atoms with Gasteiger partial charge in [0.05, 0.1) is 6.04 Å². The Bertz CT molecular complexity index is 970. The first kappa shape index (κ1) is 17.6. The van der Waals surface area contributed by atoms with Crippen molar-refractivity contribution >= 4 is 22.6 Å². The fourth-order valence-corrected chi connectivity index (χ4v) is 2.71. The van der Waals surface area contributed by atoms with Crippen LogP contribution in [-0.4, -0.2) is 17.0 Å². The number of rotatable bonds is 4. The lowest BCUT2D eigenvalue weighted by Crippen LogP contribution is -2.26. The zero-order valence-electron chi connectivity index (χ0n) is 14.0. The maximum absolute atomic E-state index is 13.0. The van der Waals surface area contributed by atoms with Crippen LogP contribution in [0.25, 0.3) is 10.8 Å². The molecule has 3 aromatic rings. The molecule has 3 rings (SSSR count). The second kappa shape index (κ2) is 7.33. The molecule has 0 bridgehead atoms. The molecular weight excluding hydrogens is 335 g/mol. The minimum absolute atomic E-state index is 0.249. The molecule has 1 unspecified atom stereocenters. The van der Waals surface area contributed by atoms with Gasteiger partial charge in [-0.2, -0.15) is 0 Å². The quantitative estimate of drug-likeness (QED) is 0.496. The van der Waals surface area contributed by atoms with Gasteiger partial charge in [0, 0.05) is 11.1 Å². The van der Waals surface area contributed by atoms with Gasteiger partial charge >= 0.3 is 0 Å². The van der Waals surface area contributed by atoms with E-state index >= 15 is 0 Å². The van der Waals surface area contributed by atoms with Crippen molar-refractivity contribution in [3.8, 4) is 0 Å². The number of carbonyl (C=O) groups excluding carboxylic acids is 2. The number of hydroxylamine groups is 1. The van der Waals surface area contributed by atoms with E-state index in [1.807, 2.05) is 6.92 Å². The highest BCUT2D eigenvalue weighted by Gasteiger charge is 2.13. The van der Waals surface area contributed by atoms with Gasteiger partial charge in [-0.1, -0.05) is 24.3 Å². The fraction of sp³-hybridized carbons (Fsp3) is 0.100. The molecule has 0 saturated heterocycles. The number of hydrogen-bond acceptors (Lipinski definition) is 3. The highest BCUT2D eigenvalue weighted by molar-refractivity contribution is 6.01. The molecule has 6 heteroatoms. The van der Waals surface area contributed by atoms with Crippen molar-refractivity contribution in [3.63, 3.8) is 0 Å². The van der Waals surface area contributed by atoms with Gasteiger partial charge in [-0.05, 0) is 59.7 Å². The largest absolute Gasteiger partial charge is 0.346 e. The standard InChI is InChI=1S/C20H17FN2O3/c1-12(13-6-8-18(21)9-7-13)22-19(24)16-4-2-15-11-17(20(25)23-26)5-3-14(15)10-16/h2-12,26H,1H3,(H,22,24)(H,23,25). The summed E-state index contributed by atoms with van der Waals surface area (Å²) in [5, 5.41) is 13.1. The van der Waals surface area contributed by atoms with Gasteiger partial charge in [-0.25, -0.2) is 9.87 Å². The first-order valence-electron chi connectivity index (χ1n) is 8.02. The number of fused-ring (bicyclic) bond motifs is 1. The Balaban J connectivity index is 1.79. The summed E-state index contributed by atoms with van der Waals surface area (Å²) in [6.45, 7) is 1.83. The topological polar surface area (TPSA) is 78.4 Å². The lowest BCUT2D eigenvalue weighted by Gasteiger charge is -2.14. The van der Waals surface area contributed by atoms with Crippen LogP contribution in [0.1, 0.15) is 39.2 Å². The highest BCUT2D eigenvalue weighted by Crippen LogP contribution is 2.19. The molecule has 3 aromatic carbocycles. The van der Waals surface area contributed by atoms with E-state index in [0.29, 0.717) is 11.1 Å². The van der Waals surface area contributed by atoms with Crippen LogP contribution in [0, 0.1) is 5.82 Å². The Kier molecular flexibility index (Phi) is 4.95. The molecule has 0 fully saturated rings. The summed E-state index contributed by atoms with van der Waals surface area (Å²) in [5.41, 5.74) is 3.19. The Morgan fingerprint density at radius 3 is 1.96 bits per heavy atom. The minimum atomic E-state index is -0.596. The van der Waals surface area contributed by atoms with Gasteiger partial charge < -0.3 is 5.32 Å². The predicted molar refractivity (Wildman–Crippen MR) is 95.5 cm³/mol. The van der Waals surface area contributed by atoms with Gasteiger partial charge in [0.25, 0.3) is 11.8 Å². The van der Waals surface area contributed by atoms with Gasteiger partial charge in [0.1, 0.15) is 5.82 Å². The number of amides is 2. The van der Waals surface area contributed by atoms with Crippen LogP contribution in [0.4, 0.5) is 4.39 Å². The molecule has 5 nitrogen and oxygen atoms in total. The second-order valence-corrected chi connectivity index (χ2v) is 5.96. The van der Waals surface area contributed by atoms with Crippen LogP contribution in [0.15, 0.2) is 60.7 Å². The summed E-state index contributed by atoms with van der Waals surface area (Å²) in [4.78, 5) is 23.9. The Morgan fingerprint density at radius 2 is 1.42 bits per heavy atom. The average Bonchev–Trinajstić information content (AvgIpc) is 2.66. The first-order chi connectivity index (χ1) is 12.5. The molecule has 2 amide bonds. The van der Waals surface area contributed by atoms with Crippen molar-refractivity contribution < 1.29 is 19.2 Å². The van der Waals surface area contributed by atoms with Crippen LogP contribution >= 0.6 is 0 Å². The van der Waals surface area contributed by atoms with Crippen LogP contribution in [0.3, 0.4) is 0 Å². The molecule has 0 heterocycles. The third-order valence-corrected chi connectivity index (χ3v) is 4.18. The summed E-state index contributed by atoms with van der Waals surface area (Å²) in [5.74, 6) is -1.17. The third-order valence-electron chi connectivity index (χ3n) is 4.18. The summed E-state index contributed by atoms with van der Waals surface area (Å²) < 4.78 is 13.0. The van der Waals surface area contributed by atoms with Crippen molar-refractivity contribution in [2.75, 3.05) is 0 Å². The van der Waals surface area contributed by atoms with E-state index < -0.39 is 5.91 Å². The molecule has 0 spiro atoms. The van der Waals surface area contributed by atoms with Crippen molar-refractivity contribution in [1.29, 1.82) is 0 Å². The molecular formula is C20H17FN2O3. The zero-order valence-corrected chi connectivity index (χ0v) is 14.0. The highest BCUT2D eigenvalue weighted by atomic mass is 19.1. The van der Waals surface area contributed by atoms with E-state index in [4.69, 9.17) is 5.21 Å². The first-order valence-corrected chi connectivity index (χ1v) is 8.02. The van der Waals surface area contributed by atoms with Crippen LogP contribution in [0.2, 0.25) is 0 Å². The summed E-state index contributed by atoms with van der Waals surface area (Å²) in [6.07, 6.45) is 0. The van der Waals surface area contributed by atoms with Crippen LogP contribution in [-0.2, 0) is 0 Å². The number of halogens is 1. The normalized spacial score (nSPS) is 11.8. The van der Waals surface area contributed by atoms with Gasteiger partial charge in [0.15, 0.2) is 0 Å². The number of carbonyl (C=O) groups is 2. The van der Waals surface area contributed by atoms with E-state index in [-0.39, 0.29) is 17.8 Å². The summed E-state index contributed by atoms with van der Waals surface area (Å²) in [7, 11) is 0. The Labute approximate surface area is 149 Å². The molecule has 132 valence electrons. The molecule has 0 saturated carbocycles. The Hall–Kier alpha value is -3.25. The van der Waals surface area contributed by atoms with Crippen LogP contribution in [0.5, 0.6) is 0 Å². The molecule has 0 aromatic heterocycles. The maximum atomic E-state index is 13.0. The molecule has 1 atom stereocenters. The van der Waals surface area contributed by atoms with E-state index in [1.54, 1.807) is 54.0 Å². The third kappa shape index (κ3) is 3.70. The van der Waals surface area contributed by atoms with Gasteiger partial charge in [-0.15, -0.1) is 0 Å². The second-order valence-electron chi connectivity index (χ2n) is 5.96. The van der Waals surface area contributed by atoms with E-state index in [2.05, 4.69) is 5.32 Å². The molecule has 0 aliphatic heterocycles. The van der Waals surface area contributed by atoms with E-state index in [1.165, 1.54) is 12.1 Å². The van der Waals surface area contributed by atoms with E-state index in [0.717, 1.165) is 16.3 Å². The summed E-state index contributed by atoms with van der Waals surface area (Å²) in [6, 6.07) is 15.7. The molecule has 26 heavy (non-hydrogen) atoms. The van der Waals surface area contributed by atoms with Crippen molar-refractivity contribution in [2.24, 2.45) is 0 Å². The average molecular weight is 352 g/mol. The monoisotopic (exact) mass is 352 g/mol. The smallest absolute Gasteiger partial charge is 0.274 e. The minimum Gasteiger partial charge on any atom is -0.346 e. The fourth-order valence-electron chi connectivity index (χ4n) is 2.71. The van der Waals surface area contributed by atoms with Crippen molar-refractivity contribution in [1.82, 2.24) is 10.8 Å². The van der Waals surface area contributed by atoms with Crippen molar-refractivity contribution in [2.45, 2.75) is 13.0 Å². The van der Waals surface area contributed by atoms with Gasteiger partial charge in [-0.3, -0.25) is 14.8 Å². The lowest BCUT2D eigenvalue weighted by atomic mass is 10.0. The number of hydrogen-bond donors (Lipinski definition) is 3. The SMILES string of the molecule is CC(NC(=O)c1ccc2cc(C(=O)NO)ccc2c1)c1ccc(F)cc1. The predicted octanol–water partition coefficient (Wildman–Crippen LogP) is 3.59. The Morgan fingerprint density at radius 1 is 0.885 bits per heavy atom. The van der Waals surface area contributed by atoms with Crippen molar-refractivity contribution in [3.05, 3.63) is 83.2 Å². The lowest BCUT2D eigenvalue weighted by molar-refractivity contribution is 0.0706. The maximum Gasteiger partial charge on any atom is 0.274 e. The zero-order chi connectivity index (χ0) is 18.7. The van der Waals surface area contributed by atoms with Crippen LogP contribution < -0.4 is 10.8 Å². The van der Waals surface area contributed by atoms with E-state index in [9.17, 15) is 14.0 Å². The molecule has 0 aliphatic carbocycles. The molecule has 0 aliphatic rings. The number of benzene rings is 3. The summed E-state index contributed by atoms with van der Waals surface area (Å²) >= 11 is 0. The molecule has 0 radical (unpaired) electrons. The number of nitrogens with one attached hydrogen (secondary N) is 2.